The van der Waals surface area contributed by atoms with E-state index in [1.54, 1.807) is 12.1 Å². The molecule has 0 bridgehead atoms. The van der Waals surface area contributed by atoms with E-state index in [2.05, 4.69) is 9.62 Å². The Morgan fingerprint density at radius 1 is 1.22 bits per heavy atom. The zero-order valence-electron chi connectivity index (χ0n) is 20.3. The van der Waals surface area contributed by atoms with E-state index in [-0.39, 0.29) is 34.8 Å². The fraction of sp³-hybridized carbons (Fsp3) is 0.500. The van der Waals surface area contributed by atoms with Crippen LogP contribution in [0.2, 0.25) is 0 Å². The van der Waals surface area contributed by atoms with Crippen LogP contribution in [0.3, 0.4) is 0 Å². The van der Waals surface area contributed by atoms with Crippen LogP contribution in [-0.2, 0) is 25.9 Å². The summed E-state index contributed by atoms with van der Waals surface area (Å²) in [5.74, 6) is -0.802. The molecule has 8 nitrogen and oxygen atoms in total. The molecule has 3 aliphatic heterocycles. The lowest BCUT2D eigenvalue weighted by Gasteiger charge is -2.29. The van der Waals surface area contributed by atoms with E-state index >= 15 is 0 Å². The standard InChI is InChI=1S/C26H31FN2O6S/c1-33-26(30)24-21(8-7-20-19-10-14-34-22(19)16-35-25(20)24)28-36(31,32)23-9-6-18(27)15-17(23)5-4-13-29-11-2-3-12-29/h6-9,15,19,22,28H,2-5,10-14,16H2,1H3. The third kappa shape index (κ3) is 4.94. The number of ether oxygens (including phenoxy) is 3. The number of carbonyl (C=O) groups excluding carboxylic acids is 1. The van der Waals surface area contributed by atoms with Crippen molar-refractivity contribution in [3.63, 3.8) is 0 Å². The zero-order chi connectivity index (χ0) is 25.3. The molecule has 0 saturated carbocycles. The Labute approximate surface area is 210 Å². The lowest BCUT2D eigenvalue weighted by atomic mass is 9.88. The maximum Gasteiger partial charge on any atom is 0.343 e. The molecule has 194 valence electrons. The number of halogens is 1. The number of hydrogen-bond donors (Lipinski definition) is 1. The number of fused-ring (bicyclic) bond motifs is 3. The van der Waals surface area contributed by atoms with Gasteiger partial charge in [0.1, 0.15) is 23.7 Å². The van der Waals surface area contributed by atoms with Crippen LogP contribution in [0.25, 0.3) is 0 Å². The highest BCUT2D eigenvalue weighted by atomic mass is 32.2. The Hall–Kier alpha value is -2.69. The SMILES string of the molecule is COC(=O)c1c(NS(=O)(=O)c2ccc(F)cc2CCCN2CCCC2)ccc2c1OCC1OCCC21. The molecule has 2 fully saturated rings. The minimum atomic E-state index is -4.14. The number of rotatable bonds is 8. The first-order valence-electron chi connectivity index (χ1n) is 12.4. The maximum atomic E-state index is 14.1. The summed E-state index contributed by atoms with van der Waals surface area (Å²) < 4.78 is 60.2. The number of hydrogen-bond acceptors (Lipinski definition) is 7. The molecule has 10 heteroatoms. The lowest BCUT2D eigenvalue weighted by molar-refractivity contribution is 0.0469. The van der Waals surface area contributed by atoms with Gasteiger partial charge in [-0.2, -0.15) is 0 Å². The Morgan fingerprint density at radius 2 is 2.03 bits per heavy atom. The molecule has 5 rings (SSSR count). The second-order valence-corrected chi connectivity index (χ2v) is 11.2. The van der Waals surface area contributed by atoms with Gasteiger partial charge in [-0.05, 0) is 81.6 Å². The number of carbonyl (C=O) groups is 1. The summed E-state index contributed by atoms with van der Waals surface area (Å²) in [5, 5.41) is 0. The molecule has 0 aromatic heterocycles. The second-order valence-electron chi connectivity index (χ2n) is 9.52. The fourth-order valence-electron chi connectivity index (χ4n) is 5.47. The van der Waals surface area contributed by atoms with Crippen LogP contribution in [0.1, 0.15) is 53.1 Å². The van der Waals surface area contributed by atoms with Gasteiger partial charge in [0.2, 0.25) is 0 Å². The van der Waals surface area contributed by atoms with Gasteiger partial charge in [-0.15, -0.1) is 0 Å². The monoisotopic (exact) mass is 518 g/mol. The van der Waals surface area contributed by atoms with Crippen LogP contribution in [0.4, 0.5) is 10.1 Å². The van der Waals surface area contributed by atoms with Crippen molar-refractivity contribution in [2.75, 3.05) is 44.7 Å². The van der Waals surface area contributed by atoms with Gasteiger partial charge >= 0.3 is 5.97 Å². The van der Waals surface area contributed by atoms with Crippen molar-refractivity contribution in [3.05, 3.63) is 52.8 Å². The number of methoxy groups -OCH3 is 1. The number of nitrogens with one attached hydrogen (secondary N) is 1. The summed E-state index contributed by atoms with van der Waals surface area (Å²) in [5.41, 5.74) is 1.30. The molecular weight excluding hydrogens is 487 g/mol. The van der Waals surface area contributed by atoms with E-state index in [0.717, 1.165) is 44.1 Å². The number of esters is 1. The van der Waals surface area contributed by atoms with Gasteiger partial charge in [0.15, 0.2) is 0 Å². The average molecular weight is 519 g/mol. The molecule has 1 N–H and O–H groups in total. The van der Waals surface area contributed by atoms with Crippen molar-refractivity contribution in [1.82, 2.24) is 4.90 Å². The van der Waals surface area contributed by atoms with Gasteiger partial charge in [-0.3, -0.25) is 4.72 Å². The maximum absolute atomic E-state index is 14.1. The summed E-state index contributed by atoms with van der Waals surface area (Å²) in [6, 6.07) is 7.01. The Morgan fingerprint density at radius 3 is 2.81 bits per heavy atom. The van der Waals surface area contributed by atoms with Crippen molar-refractivity contribution in [2.24, 2.45) is 0 Å². The summed E-state index contributed by atoms with van der Waals surface area (Å²) in [7, 11) is -2.90. The summed E-state index contributed by atoms with van der Waals surface area (Å²) >= 11 is 0. The topological polar surface area (TPSA) is 94.2 Å². The van der Waals surface area contributed by atoms with E-state index in [4.69, 9.17) is 14.2 Å². The summed E-state index contributed by atoms with van der Waals surface area (Å²) in [6.45, 7) is 3.80. The lowest BCUT2D eigenvalue weighted by Crippen LogP contribution is -2.30. The van der Waals surface area contributed by atoms with E-state index in [1.165, 1.54) is 32.1 Å². The average Bonchev–Trinajstić information content (AvgIpc) is 3.55. The zero-order valence-corrected chi connectivity index (χ0v) is 21.1. The van der Waals surface area contributed by atoms with Crippen molar-refractivity contribution in [2.45, 2.75) is 49.0 Å². The number of likely N-dealkylation sites (tertiary alicyclic amines) is 1. The van der Waals surface area contributed by atoms with Crippen molar-refractivity contribution in [1.29, 1.82) is 0 Å². The van der Waals surface area contributed by atoms with Gasteiger partial charge in [-0.25, -0.2) is 17.6 Å². The van der Waals surface area contributed by atoms with Gasteiger partial charge in [0, 0.05) is 18.1 Å². The molecule has 2 saturated heterocycles. The number of nitrogens with zero attached hydrogens (tertiary/aromatic N) is 1. The summed E-state index contributed by atoms with van der Waals surface area (Å²) in [4.78, 5) is 15.1. The summed E-state index contributed by atoms with van der Waals surface area (Å²) in [6.07, 6.45) is 4.19. The predicted molar refractivity (Wildman–Crippen MR) is 132 cm³/mol. The Balaban J connectivity index is 1.44. The van der Waals surface area contributed by atoms with E-state index in [1.807, 2.05) is 0 Å². The first kappa shape index (κ1) is 25.0. The van der Waals surface area contributed by atoms with Gasteiger partial charge in [0.05, 0.1) is 23.8 Å². The third-order valence-corrected chi connectivity index (χ3v) is 8.72. The highest BCUT2D eigenvalue weighted by Crippen LogP contribution is 2.45. The highest BCUT2D eigenvalue weighted by Gasteiger charge is 2.39. The van der Waals surface area contributed by atoms with Crippen LogP contribution >= 0.6 is 0 Å². The largest absolute Gasteiger partial charge is 0.490 e. The van der Waals surface area contributed by atoms with Crippen LogP contribution in [0.15, 0.2) is 35.2 Å². The van der Waals surface area contributed by atoms with Gasteiger partial charge in [-0.1, -0.05) is 6.07 Å². The molecule has 2 atom stereocenters. The van der Waals surface area contributed by atoms with E-state index in [0.29, 0.717) is 24.3 Å². The molecular formula is C26H31FN2O6S. The van der Waals surface area contributed by atoms with E-state index < -0.39 is 21.8 Å². The van der Waals surface area contributed by atoms with Crippen molar-refractivity contribution >= 4 is 21.7 Å². The molecule has 0 amide bonds. The molecule has 0 radical (unpaired) electrons. The molecule has 3 aliphatic rings. The molecule has 36 heavy (non-hydrogen) atoms. The molecule has 2 aromatic carbocycles. The minimum Gasteiger partial charge on any atom is -0.490 e. The number of sulfonamides is 1. The van der Waals surface area contributed by atoms with Crippen molar-refractivity contribution in [3.8, 4) is 5.75 Å². The van der Waals surface area contributed by atoms with Crippen LogP contribution < -0.4 is 9.46 Å². The quantitative estimate of drug-likeness (QED) is 0.533. The van der Waals surface area contributed by atoms with E-state index in [9.17, 15) is 17.6 Å². The normalized spacial score (nSPS) is 21.5. The van der Waals surface area contributed by atoms with Gasteiger partial charge < -0.3 is 19.1 Å². The first-order valence-corrected chi connectivity index (χ1v) is 13.9. The van der Waals surface area contributed by atoms with Crippen LogP contribution in [-0.4, -0.2) is 65.3 Å². The molecule has 0 spiro atoms. The minimum absolute atomic E-state index is 0.0102. The first-order chi connectivity index (χ1) is 17.4. The Bertz CT molecular complexity index is 1250. The Kier molecular flexibility index (Phi) is 7.18. The molecule has 0 aliphatic carbocycles. The fourth-order valence-corrected chi connectivity index (χ4v) is 6.80. The molecule has 2 unspecified atom stereocenters. The number of benzene rings is 2. The molecule has 3 heterocycles. The second kappa shape index (κ2) is 10.4. The number of anilines is 1. The van der Waals surface area contributed by atoms with Crippen LogP contribution in [0.5, 0.6) is 5.75 Å². The number of aryl methyl sites for hydroxylation is 1. The molecule has 2 aromatic rings. The predicted octanol–water partition coefficient (Wildman–Crippen LogP) is 3.71. The van der Waals surface area contributed by atoms with Crippen LogP contribution in [0, 0.1) is 5.82 Å². The van der Waals surface area contributed by atoms with Gasteiger partial charge in [0.25, 0.3) is 10.0 Å². The third-order valence-electron chi connectivity index (χ3n) is 7.25. The highest BCUT2D eigenvalue weighted by molar-refractivity contribution is 7.92. The van der Waals surface area contributed by atoms with Crippen molar-refractivity contribution < 1.29 is 31.8 Å². The smallest absolute Gasteiger partial charge is 0.343 e.